The Morgan fingerprint density at radius 1 is 1.75 bits per heavy atom. The Bertz CT molecular complexity index is 253. The molecule has 0 spiro atoms. The molecule has 1 rings (SSSR count). The van der Waals surface area contributed by atoms with Gasteiger partial charge in [-0.15, -0.1) is 0 Å². The van der Waals surface area contributed by atoms with Crippen molar-refractivity contribution in [3.8, 4) is 0 Å². The van der Waals surface area contributed by atoms with Gasteiger partial charge in [0.05, 0.1) is 11.8 Å². The highest BCUT2D eigenvalue weighted by Gasteiger charge is 2.12. The van der Waals surface area contributed by atoms with Gasteiger partial charge in [-0.3, -0.25) is 0 Å². The average molecular weight is 187 g/mol. The summed E-state index contributed by atoms with van der Waals surface area (Å²) in [4.78, 5) is 3.99. The zero-order valence-corrected chi connectivity index (χ0v) is 7.98. The van der Waals surface area contributed by atoms with Gasteiger partial charge in [-0.25, -0.2) is 4.98 Å². The van der Waals surface area contributed by atoms with Gasteiger partial charge in [-0.2, -0.15) is 0 Å². The third kappa shape index (κ3) is 3.06. The van der Waals surface area contributed by atoms with Gasteiger partial charge in [0.2, 0.25) is 0 Å². The Balaban J connectivity index is 2.44. The van der Waals surface area contributed by atoms with Gasteiger partial charge in [-0.1, -0.05) is 11.3 Å². The maximum Gasteiger partial charge on any atom is 0.184 e. The minimum Gasteiger partial charge on any atom is -0.389 e. The first-order chi connectivity index (χ1) is 5.47. The van der Waals surface area contributed by atoms with Crippen LogP contribution in [-0.4, -0.2) is 22.2 Å². The molecule has 0 bridgehead atoms. The highest BCUT2D eigenvalue weighted by atomic mass is 32.1. The molecule has 1 aromatic heterocycles. The molecule has 12 heavy (non-hydrogen) atoms. The molecule has 1 aromatic rings. The van der Waals surface area contributed by atoms with E-state index in [1.165, 1.54) is 11.3 Å². The highest BCUT2D eigenvalue weighted by molar-refractivity contribution is 7.19. The van der Waals surface area contributed by atoms with Crippen LogP contribution in [0, 0.1) is 0 Å². The van der Waals surface area contributed by atoms with Gasteiger partial charge >= 0.3 is 0 Å². The second-order valence-electron chi connectivity index (χ2n) is 3.23. The van der Waals surface area contributed by atoms with Crippen molar-refractivity contribution in [3.05, 3.63) is 6.20 Å². The van der Waals surface area contributed by atoms with Gasteiger partial charge in [0.1, 0.15) is 5.00 Å². The van der Waals surface area contributed by atoms with E-state index in [1.807, 2.05) is 0 Å². The first kappa shape index (κ1) is 9.28. The Morgan fingerprint density at radius 3 is 2.83 bits per heavy atom. The summed E-state index contributed by atoms with van der Waals surface area (Å²) in [7, 11) is 0. The smallest absolute Gasteiger partial charge is 0.184 e. The van der Waals surface area contributed by atoms with Crippen LogP contribution in [0.25, 0.3) is 0 Å². The molecule has 0 aliphatic rings. The van der Waals surface area contributed by atoms with E-state index in [9.17, 15) is 5.11 Å². The quantitative estimate of drug-likeness (QED) is 0.657. The number of hydrogen-bond donors (Lipinski definition) is 3. The van der Waals surface area contributed by atoms with Gasteiger partial charge in [0, 0.05) is 6.54 Å². The third-order valence-corrected chi connectivity index (χ3v) is 1.98. The molecular weight excluding hydrogens is 174 g/mol. The van der Waals surface area contributed by atoms with Crippen molar-refractivity contribution >= 4 is 21.5 Å². The van der Waals surface area contributed by atoms with Crippen molar-refractivity contribution in [2.24, 2.45) is 0 Å². The summed E-state index contributed by atoms with van der Waals surface area (Å²) in [6.07, 6.45) is 1.59. The van der Waals surface area contributed by atoms with Crippen LogP contribution in [0.2, 0.25) is 0 Å². The van der Waals surface area contributed by atoms with Gasteiger partial charge in [-0.05, 0) is 13.8 Å². The van der Waals surface area contributed by atoms with E-state index in [0.717, 1.165) is 5.13 Å². The summed E-state index contributed by atoms with van der Waals surface area (Å²) in [5.74, 6) is 0. The molecule has 0 atom stereocenters. The largest absolute Gasteiger partial charge is 0.389 e. The topological polar surface area (TPSA) is 71.2 Å². The Labute approximate surface area is 75.4 Å². The van der Waals surface area contributed by atoms with E-state index >= 15 is 0 Å². The van der Waals surface area contributed by atoms with E-state index in [2.05, 4.69) is 10.3 Å². The number of nitrogens with one attached hydrogen (secondary N) is 1. The monoisotopic (exact) mass is 187 g/mol. The lowest BCUT2D eigenvalue weighted by atomic mass is 10.1. The molecule has 5 heteroatoms. The van der Waals surface area contributed by atoms with Crippen LogP contribution in [0.4, 0.5) is 10.1 Å². The van der Waals surface area contributed by atoms with Crippen LogP contribution in [0.1, 0.15) is 13.8 Å². The molecule has 0 fully saturated rings. The molecule has 4 nitrogen and oxygen atoms in total. The number of anilines is 2. The number of hydrogen-bond acceptors (Lipinski definition) is 5. The van der Waals surface area contributed by atoms with Crippen LogP contribution >= 0.6 is 11.3 Å². The number of nitrogen functional groups attached to an aromatic ring is 1. The number of nitrogens with zero attached hydrogens (tertiary/aromatic N) is 1. The molecule has 68 valence electrons. The zero-order valence-electron chi connectivity index (χ0n) is 7.16. The lowest BCUT2D eigenvalue weighted by molar-refractivity contribution is 0.0945. The lowest BCUT2D eigenvalue weighted by Crippen LogP contribution is -2.29. The number of rotatable bonds is 3. The van der Waals surface area contributed by atoms with E-state index in [-0.39, 0.29) is 0 Å². The van der Waals surface area contributed by atoms with E-state index in [0.29, 0.717) is 11.5 Å². The van der Waals surface area contributed by atoms with Gasteiger partial charge in [0.25, 0.3) is 0 Å². The summed E-state index contributed by atoms with van der Waals surface area (Å²) >= 11 is 1.37. The minimum absolute atomic E-state index is 0.472. The van der Waals surface area contributed by atoms with Crippen LogP contribution in [0.15, 0.2) is 6.20 Å². The highest BCUT2D eigenvalue weighted by Crippen LogP contribution is 2.19. The average Bonchev–Trinajstić information content (AvgIpc) is 2.30. The Morgan fingerprint density at radius 2 is 2.42 bits per heavy atom. The fraction of sp³-hybridized carbons (Fsp3) is 0.571. The minimum atomic E-state index is -0.722. The standard InChI is InChI=1S/C7H13N3OS/c1-7(2,11)4-10-6-9-3-5(8)12-6/h3,11H,4,8H2,1-2H3,(H,9,10). The molecule has 0 unspecified atom stereocenters. The fourth-order valence-electron chi connectivity index (χ4n) is 0.660. The SMILES string of the molecule is CC(C)(O)CNc1ncc(N)s1. The van der Waals surface area contributed by atoms with Crippen molar-refractivity contribution in [1.29, 1.82) is 0 Å². The van der Waals surface area contributed by atoms with Crippen molar-refractivity contribution in [3.63, 3.8) is 0 Å². The molecule has 0 aromatic carbocycles. The molecule has 0 saturated heterocycles. The van der Waals surface area contributed by atoms with Crippen LogP contribution in [0.5, 0.6) is 0 Å². The molecule has 0 amide bonds. The lowest BCUT2D eigenvalue weighted by Gasteiger charge is -2.16. The van der Waals surface area contributed by atoms with Crippen molar-refractivity contribution in [2.75, 3.05) is 17.6 Å². The number of aliphatic hydroxyl groups is 1. The molecule has 0 aliphatic carbocycles. The number of nitrogens with two attached hydrogens (primary N) is 1. The van der Waals surface area contributed by atoms with Crippen LogP contribution < -0.4 is 11.1 Å². The predicted molar refractivity (Wildman–Crippen MR) is 51.3 cm³/mol. The van der Waals surface area contributed by atoms with Gasteiger partial charge < -0.3 is 16.2 Å². The molecule has 4 N–H and O–H groups in total. The zero-order chi connectivity index (χ0) is 9.19. The van der Waals surface area contributed by atoms with Gasteiger partial charge in [0.15, 0.2) is 5.13 Å². The normalized spacial score (nSPS) is 11.6. The summed E-state index contributed by atoms with van der Waals surface area (Å²) in [6, 6.07) is 0. The van der Waals surface area contributed by atoms with E-state index in [4.69, 9.17) is 5.73 Å². The maximum absolute atomic E-state index is 9.37. The molecule has 1 heterocycles. The summed E-state index contributed by atoms with van der Waals surface area (Å²) < 4.78 is 0. The maximum atomic E-state index is 9.37. The first-order valence-corrected chi connectivity index (χ1v) is 4.46. The third-order valence-electron chi connectivity index (χ3n) is 1.20. The van der Waals surface area contributed by atoms with Crippen LogP contribution in [0.3, 0.4) is 0 Å². The molecule has 0 saturated carbocycles. The first-order valence-electron chi connectivity index (χ1n) is 3.65. The molecule has 0 aliphatic heterocycles. The second kappa shape index (κ2) is 3.28. The summed E-state index contributed by atoms with van der Waals surface area (Å²) in [5.41, 5.74) is 4.75. The van der Waals surface area contributed by atoms with Crippen molar-refractivity contribution in [2.45, 2.75) is 19.4 Å². The number of aromatic nitrogens is 1. The predicted octanol–water partition coefficient (Wildman–Crippen LogP) is 0.908. The fourth-order valence-corrected chi connectivity index (χ4v) is 1.24. The van der Waals surface area contributed by atoms with E-state index < -0.39 is 5.60 Å². The van der Waals surface area contributed by atoms with Crippen molar-refractivity contribution < 1.29 is 5.11 Å². The summed E-state index contributed by atoms with van der Waals surface area (Å²) in [5, 5.41) is 13.8. The molecular formula is C7H13N3OS. The molecule has 0 radical (unpaired) electrons. The number of thiazole rings is 1. The summed E-state index contributed by atoms with van der Waals surface area (Å²) in [6.45, 7) is 3.94. The Hall–Kier alpha value is -0.810. The Kier molecular flexibility index (Phi) is 2.54. The van der Waals surface area contributed by atoms with Crippen LogP contribution in [-0.2, 0) is 0 Å². The van der Waals surface area contributed by atoms with E-state index in [1.54, 1.807) is 20.0 Å². The second-order valence-corrected chi connectivity index (χ2v) is 4.30. The van der Waals surface area contributed by atoms with Crippen molar-refractivity contribution in [1.82, 2.24) is 4.98 Å².